The van der Waals surface area contributed by atoms with Gasteiger partial charge in [0.1, 0.15) is 17.7 Å². The lowest BCUT2D eigenvalue weighted by atomic mass is 10.0. The van der Waals surface area contributed by atoms with Crippen molar-refractivity contribution in [3.05, 3.63) is 130 Å². The third-order valence-corrected chi connectivity index (χ3v) is 6.58. The summed E-state index contributed by atoms with van der Waals surface area (Å²) >= 11 is 0. The van der Waals surface area contributed by atoms with Crippen molar-refractivity contribution in [2.45, 2.75) is 25.9 Å². The fourth-order valence-corrected chi connectivity index (χ4v) is 4.34. The Bertz CT molecular complexity index is 1730. The Hall–Kier alpha value is -4.99. The topological polar surface area (TPSA) is 102 Å². The molecule has 1 amide bonds. The van der Waals surface area contributed by atoms with Gasteiger partial charge in [-0.2, -0.15) is 0 Å². The molecule has 0 spiro atoms. The van der Waals surface area contributed by atoms with E-state index in [0.29, 0.717) is 17.9 Å². The van der Waals surface area contributed by atoms with Crippen LogP contribution >= 0.6 is 0 Å². The number of hydrogen-bond donors (Lipinski definition) is 2. The molecule has 0 bridgehead atoms. The van der Waals surface area contributed by atoms with Gasteiger partial charge >= 0.3 is 0 Å². The van der Waals surface area contributed by atoms with E-state index in [-0.39, 0.29) is 24.6 Å². The van der Waals surface area contributed by atoms with Crippen LogP contribution in [0.25, 0.3) is 10.9 Å². The summed E-state index contributed by atoms with van der Waals surface area (Å²) < 4.78 is 28.0. The molecule has 8 nitrogen and oxygen atoms in total. The molecule has 2 N–H and O–H groups in total. The Labute approximate surface area is 228 Å². The first-order chi connectivity index (χ1) is 19.4. The highest BCUT2D eigenvalue weighted by Gasteiger charge is 2.15. The van der Waals surface area contributed by atoms with Gasteiger partial charge in [0.2, 0.25) is 0 Å². The van der Waals surface area contributed by atoms with Crippen LogP contribution in [0.4, 0.5) is 14.6 Å². The number of aromatic nitrogens is 4. The largest absolute Gasteiger partial charge is 0.369 e. The lowest BCUT2D eigenvalue weighted by molar-refractivity contribution is 0.0948. The molecule has 10 heteroatoms. The van der Waals surface area contributed by atoms with E-state index in [2.05, 4.69) is 44.6 Å². The van der Waals surface area contributed by atoms with E-state index in [1.165, 1.54) is 35.0 Å². The second kappa shape index (κ2) is 11.8. The van der Waals surface area contributed by atoms with Gasteiger partial charge in [-0.25, -0.2) is 23.7 Å². The molecule has 2 aromatic heterocycles. The number of halogens is 2. The number of fused-ring (bicyclic) bond motifs is 1. The normalized spacial score (nSPS) is 11.8. The zero-order valence-electron chi connectivity index (χ0n) is 21.6. The molecule has 1 unspecified atom stereocenters. The van der Waals surface area contributed by atoms with Gasteiger partial charge in [-0.3, -0.25) is 14.2 Å². The zero-order valence-corrected chi connectivity index (χ0v) is 21.6. The second-order valence-corrected chi connectivity index (χ2v) is 9.44. The molecule has 0 aliphatic carbocycles. The van der Waals surface area contributed by atoms with Crippen molar-refractivity contribution in [2.75, 3.05) is 11.9 Å². The Kier molecular flexibility index (Phi) is 7.86. The summed E-state index contributed by atoms with van der Waals surface area (Å²) in [6.45, 7) is 2.90. The second-order valence-electron chi connectivity index (χ2n) is 9.44. The standard InChI is InChI=1S/C30H26F2N6O2/c1-19(22-5-3-2-4-6-22)13-34-28-23-11-20(8-10-27(23)36-17-37-28)14-35-29(39)24-15-33-18-38(30(24)40)16-21-7-9-25(31)26(32)12-21/h2-12,15,17-19H,13-14,16H2,1H3,(H,35,39)(H,34,36,37). The lowest BCUT2D eigenvalue weighted by Crippen LogP contribution is -2.33. The van der Waals surface area contributed by atoms with Crippen LogP contribution in [0.5, 0.6) is 0 Å². The Morgan fingerprint density at radius 1 is 0.975 bits per heavy atom. The number of nitrogens with one attached hydrogen (secondary N) is 2. The minimum atomic E-state index is -1.02. The molecule has 2 heterocycles. The minimum Gasteiger partial charge on any atom is -0.369 e. The summed E-state index contributed by atoms with van der Waals surface area (Å²) in [7, 11) is 0. The molecule has 5 rings (SSSR count). The predicted molar refractivity (Wildman–Crippen MR) is 148 cm³/mol. The first-order valence-electron chi connectivity index (χ1n) is 12.7. The van der Waals surface area contributed by atoms with Crippen LogP contribution < -0.4 is 16.2 Å². The van der Waals surface area contributed by atoms with Crippen molar-refractivity contribution in [1.82, 2.24) is 24.8 Å². The monoisotopic (exact) mass is 540 g/mol. The summed E-state index contributed by atoms with van der Waals surface area (Å²) in [6, 6.07) is 19.1. The van der Waals surface area contributed by atoms with E-state index >= 15 is 0 Å². The molecule has 3 aromatic carbocycles. The van der Waals surface area contributed by atoms with Crippen LogP contribution in [-0.2, 0) is 13.1 Å². The van der Waals surface area contributed by atoms with Gasteiger partial charge in [0.15, 0.2) is 11.6 Å². The van der Waals surface area contributed by atoms with Gasteiger partial charge in [-0.15, -0.1) is 0 Å². The third-order valence-electron chi connectivity index (χ3n) is 6.58. The number of hydrogen-bond acceptors (Lipinski definition) is 6. The number of nitrogens with zero attached hydrogens (tertiary/aromatic N) is 4. The van der Waals surface area contributed by atoms with Crippen LogP contribution in [0.15, 0.2) is 90.4 Å². The Morgan fingerprint density at radius 2 is 1.77 bits per heavy atom. The minimum absolute atomic E-state index is 0.0620. The smallest absolute Gasteiger partial charge is 0.266 e. The molecule has 0 radical (unpaired) electrons. The molecule has 1 atom stereocenters. The molecule has 5 aromatic rings. The van der Waals surface area contributed by atoms with Crippen molar-refractivity contribution < 1.29 is 13.6 Å². The molecule has 40 heavy (non-hydrogen) atoms. The molecule has 202 valence electrons. The summed E-state index contributed by atoms with van der Waals surface area (Å²) in [6.07, 6.45) is 3.94. The molecule has 0 saturated carbocycles. The maximum absolute atomic E-state index is 13.6. The number of rotatable bonds is 9. The SMILES string of the molecule is CC(CNc1ncnc2ccc(CNC(=O)c3cncn(Cc4ccc(F)c(F)c4)c3=O)cc12)c1ccccc1. The van der Waals surface area contributed by atoms with E-state index in [1.54, 1.807) is 0 Å². The highest BCUT2D eigenvalue weighted by Crippen LogP contribution is 2.22. The Balaban J connectivity index is 1.28. The number of anilines is 1. The lowest BCUT2D eigenvalue weighted by Gasteiger charge is -2.15. The average Bonchev–Trinajstić information content (AvgIpc) is 2.98. The fourth-order valence-electron chi connectivity index (χ4n) is 4.34. The van der Waals surface area contributed by atoms with Gasteiger partial charge in [0, 0.05) is 24.7 Å². The van der Waals surface area contributed by atoms with E-state index in [0.717, 1.165) is 28.6 Å². The highest BCUT2D eigenvalue weighted by molar-refractivity contribution is 5.93. The third kappa shape index (κ3) is 6.01. The number of carbonyl (C=O) groups is 1. The van der Waals surface area contributed by atoms with E-state index in [4.69, 9.17) is 0 Å². The first kappa shape index (κ1) is 26.6. The number of amides is 1. The van der Waals surface area contributed by atoms with Crippen molar-refractivity contribution in [1.29, 1.82) is 0 Å². The first-order valence-corrected chi connectivity index (χ1v) is 12.7. The van der Waals surface area contributed by atoms with Crippen molar-refractivity contribution >= 4 is 22.6 Å². The zero-order chi connectivity index (χ0) is 28.1. The fraction of sp³-hybridized carbons (Fsp3) is 0.167. The highest BCUT2D eigenvalue weighted by atomic mass is 19.2. The van der Waals surface area contributed by atoms with Crippen molar-refractivity contribution in [2.24, 2.45) is 0 Å². The van der Waals surface area contributed by atoms with Crippen LogP contribution in [-0.4, -0.2) is 32.0 Å². The van der Waals surface area contributed by atoms with Gasteiger partial charge in [-0.1, -0.05) is 49.4 Å². The molecule has 0 aliphatic heterocycles. The maximum atomic E-state index is 13.6. The quantitative estimate of drug-likeness (QED) is 0.282. The average molecular weight is 541 g/mol. The maximum Gasteiger partial charge on any atom is 0.266 e. The van der Waals surface area contributed by atoms with Crippen LogP contribution in [0.2, 0.25) is 0 Å². The molecule has 0 aliphatic rings. The van der Waals surface area contributed by atoms with Crippen molar-refractivity contribution in [3.63, 3.8) is 0 Å². The Morgan fingerprint density at radius 3 is 2.58 bits per heavy atom. The van der Waals surface area contributed by atoms with Crippen LogP contribution in [0, 0.1) is 11.6 Å². The van der Waals surface area contributed by atoms with Gasteiger partial charge in [-0.05, 0) is 46.9 Å². The van der Waals surface area contributed by atoms with Gasteiger partial charge in [0.25, 0.3) is 11.5 Å². The van der Waals surface area contributed by atoms with Crippen LogP contribution in [0.1, 0.15) is 39.9 Å². The van der Waals surface area contributed by atoms with E-state index < -0.39 is 23.1 Å². The molecule has 0 fully saturated rings. The number of benzene rings is 3. The van der Waals surface area contributed by atoms with Crippen molar-refractivity contribution in [3.8, 4) is 0 Å². The summed E-state index contributed by atoms with van der Waals surface area (Å²) in [5.74, 6) is -1.64. The summed E-state index contributed by atoms with van der Waals surface area (Å²) in [4.78, 5) is 38.5. The van der Waals surface area contributed by atoms with E-state index in [9.17, 15) is 18.4 Å². The molecular weight excluding hydrogens is 514 g/mol. The van der Waals surface area contributed by atoms with E-state index in [1.807, 2.05) is 36.4 Å². The van der Waals surface area contributed by atoms with Crippen LogP contribution in [0.3, 0.4) is 0 Å². The van der Waals surface area contributed by atoms with Gasteiger partial charge in [0.05, 0.1) is 18.4 Å². The predicted octanol–water partition coefficient (Wildman–Crippen LogP) is 4.66. The summed E-state index contributed by atoms with van der Waals surface area (Å²) in [5, 5.41) is 6.98. The molecular formula is C30H26F2N6O2. The number of carbonyl (C=O) groups excluding carboxylic acids is 1. The molecule has 0 saturated heterocycles. The van der Waals surface area contributed by atoms with Gasteiger partial charge < -0.3 is 10.6 Å². The summed E-state index contributed by atoms with van der Waals surface area (Å²) in [5.41, 5.74) is 2.38.